The molecular formula is C32H36BClN6O4. The van der Waals surface area contributed by atoms with Crippen molar-refractivity contribution in [2.45, 2.75) is 81.1 Å². The zero-order chi connectivity index (χ0) is 31.3. The van der Waals surface area contributed by atoms with E-state index in [4.69, 9.17) is 12.9 Å². The van der Waals surface area contributed by atoms with Crippen molar-refractivity contribution in [3.8, 4) is 0 Å². The Kier molecular flexibility index (Phi) is 7.23. The first kappa shape index (κ1) is 27.9. The first-order valence-corrected chi connectivity index (χ1v) is 16.1. The number of carbonyl (C=O) groups is 4. The van der Waals surface area contributed by atoms with Crippen LogP contribution in [0, 0.1) is 5.92 Å². The summed E-state index contributed by atoms with van der Waals surface area (Å²) in [7, 11) is 0.762. The molecule has 6 atom stereocenters. The van der Waals surface area contributed by atoms with Gasteiger partial charge in [0.1, 0.15) is 0 Å². The van der Waals surface area contributed by atoms with Gasteiger partial charge in [0.05, 0.1) is 6.04 Å². The summed E-state index contributed by atoms with van der Waals surface area (Å²) in [4.78, 5) is 63.6. The molecule has 6 aliphatic rings. The monoisotopic (exact) mass is 615 g/mol. The fourth-order valence-electron chi connectivity index (χ4n) is 8.33. The van der Waals surface area contributed by atoms with Crippen LogP contribution in [0.25, 0.3) is 0 Å². The van der Waals surface area contributed by atoms with Crippen LogP contribution >= 0.6 is 11.6 Å². The molecule has 0 aromatic heterocycles. The maximum absolute atomic E-state index is 14.6. The van der Waals surface area contributed by atoms with Crippen LogP contribution in [0.15, 0.2) is 58.7 Å². The van der Waals surface area contributed by atoms with Crippen LogP contribution in [-0.2, 0) is 25.6 Å². The molecule has 6 aliphatic heterocycles. The molecule has 4 saturated heterocycles. The Labute approximate surface area is 264 Å². The first-order chi connectivity index (χ1) is 21.8. The van der Waals surface area contributed by atoms with Gasteiger partial charge in [0.25, 0.3) is 0 Å². The Hall–Kier alpha value is -3.60. The van der Waals surface area contributed by atoms with Crippen LogP contribution in [0.4, 0.5) is 0 Å². The summed E-state index contributed by atoms with van der Waals surface area (Å²) in [5.74, 6) is -0.889. The summed E-state index contributed by atoms with van der Waals surface area (Å²) in [6.45, 7) is 1.53. The molecule has 0 unspecified atom stereocenters. The zero-order valence-corrected chi connectivity index (χ0v) is 25.3. The van der Waals surface area contributed by atoms with Crippen molar-refractivity contribution >= 4 is 48.5 Å². The summed E-state index contributed by atoms with van der Waals surface area (Å²) >= 11 is 6.39. The molecule has 6 heterocycles. The SMILES string of the molecule is [2H]B=N/N=C(/Cc1ccccc1Cl)C(=O)N1CCC[C@]12C=C[C@@H]1CC[C@@H](C(=O)N3CC[C@@H]4C=C[C@H]5CCCN5C(=O)[C@H]43)N1C2=O. The molecule has 1 aromatic rings. The Balaban J connectivity index is 1.15. The second kappa shape index (κ2) is 11.4. The van der Waals surface area contributed by atoms with Crippen LogP contribution < -0.4 is 0 Å². The minimum absolute atomic E-state index is 0.0160. The fourth-order valence-corrected chi connectivity index (χ4v) is 8.53. The molecule has 0 bridgehead atoms. The van der Waals surface area contributed by atoms with Gasteiger partial charge in [-0.25, -0.2) is 0 Å². The molecule has 44 heavy (non-hydrogen) atoms. The first-order valence-electron chi connectivity index (χ1n) is 16.3. The summed E-state index contributed by atoms with van der Waals surface area (Å²) < 4.78 is 7.33. The minimum atomic E-state index is -1.25. The maximum atomic E-state index is 14.6. The third-order valence-corrected chi connectivity index (χ3v) is 10.8. The molecule has 10 nitrogen and oxygen atoms in total. The second-order valence-corrected chi connectivity index (χ2v) is 13.1. The quantitative estimate of drug-likeness (QED) is 0.220. The molecule has 0 radical (unpaired) electrons. The van der Waals surface area contributed by atoms with Crippen molar-refractivity contribution in [2.24, 2.45) is 16.0 Å². The van der Waals surface area contributed by atoms with E-state index in [1.807, 2.05) is 23.1 Å². The summed E-state index contributed by atoms with van der Waals surface area (Å²) in [5, 5.41) is 8.22. The normalized spacial score (nSPS) is 33.2. The number of likely N-dealkylation sites (tertiary alicyclic amines) is 2. The van der Waals surface area contributed by atoms with E-state index >= 15 is 0 Å². The molecule has 4 amide bonds. The van der Waals surface area contributed by atoms with E-state index in [9.17, 15) is 19.2 Å². The van der Waals surface area contributed by atoms with Gasteiger partial charge < -0.3 is 4.90 Å². The van der Waals surface area contributed by atoms with Crippen molar-refractivity contribution in [2.75, 3.05) is 19.6 Å². The van der Waals surface area contributed by atoms with Gasteiger partial charge in [0, 0.05) is 12.5 Å². The van der Waals surface area contributed by atoms with Crippen LogP contribution in [0.5, 0.6) is 0 Å². The molecule has 1 aromatic carbocycles. The van der Waals surface area contributed by atoms with E-state index in [1.54, 1.807) is 32.9 Å². The van der Waals surface area contributed by atoms with E-state index < -0.39 is 23.5 Å². The number of hydrogen-bond donors (Lipinski definition) is 0. The number of nitrogens with zero attached hydrogens (tertiary/aromatic N) is 6. The standard InChI is InChI=1S/C32H36BClN6O4/c33-36-35-25(19-21-5-1-2-7-24(21)34)28(41)39-17-4-14-32(39)15-12-23-10-11-26(40(23)31(32)44)29(42)38-18-13-20-8-9-22-6-3-16-37(22)30(43)27(20)38/h1-2,5,7-9,12,15,20,22-23,26-27,33H,3-4,6,10-11,13-14,16-19H2/b35-25-/t20-,22+,23-,26-,27-,32+/m0/s1/i33D. The van der Waals surface area contributed by atoms with Crippen molar-refractivity contribution in [3.05, 3.63) is 59.2 Å². The van der Waals surface area contributed by atoms with Gasteiger partial charge in [-0.2, -0.15) is 0 Å². The number of rotatable bonds is 5. The average molecular weight is 616 g/mol. The molecule has 228 valence electrons. The number of amides is 4. The van der Waals surface area contributed by atoms with Crippen molar-refractivity contribution in [1.82, 2.24) is 19.6 Å². The number of hydrogen-bond acceptors (Lipinski definition) is 6. The molecule has 7 rings (SSSR count). The van der Waals surface area contributed by atoms with E-state index in [1.165, 1.54) is 0 Å². The molecule has 12 heteroatoms. The predicted octanol–water partition coefficient (Wildman–Crippen LogP) is 2.39. The Bertz CT molecular complexity index is 1550. The van der Waals surface area contributed by atoms with Crippen LogP contribution in [0.1, 0.15) is 50.5 Å². The van der Waals surface area contributed by atoms with Gasteiger partial charge in [-0.3, -0.25) is 4.79 Å². The summed E-state index contributed by atoms with van der Waals surface area (Å²) in [5.41, 5.74) is -0.490. The number of fused-ring (bicyclic) bond motifs is 3. The van der Waals surface area contributed by atoms with Gasteiger partial charge in [-0.15, -0.1) is 0 Å². The molecule has 0 aliphatic carbocycles. The molecule has 0 N–H and O–H groups in total. The average Bonchev–Trinajstić information content (AvgIpc) is 3.85. The van der Waals surface area contributed by atoms with Gasteiger partial charge in [0.15, 0.2) is 0 Å². The molecule has 1 spiro atoms. The Morgan fingerprint density at radius 1 is 1.02 bits per heavy atom. The third-order valence-electron chi connectivity index (χ3n) is 10.5. The zero-order valence-electron chi connectivity index (χ0n) is 25.6. The summed E-state index contributed by atoms with van der Waals surface area (Å²) in [6.07, 6.45) is 13.0. The number of halogens is 1. The van der Waals surface area contributed by atoms with Crippen molar-refractivity contribution in [1.29, 1.82) is 1.34 Å². The second-order valence-electron chi connectivity index (χ2n) is 12.7. The van der Waals surface area contributed by atoms with Crippen molar-refractivity contribution < 1.29 is 19.2 Å². The van der Waals surface area contributed by atoms with Gasteiger partial charge >= 0.3 is 199 Å². The topological polar surface area (TPSA) is 106 Å². The molecule has 0 saturated carbocycles. The Morgan fingerprint density at radius 2 is 1.89 bits per heavy atom. The number of benzene rings is 1. The summed E-state index contributed by atoms with van der Waals surface area (Å²) in [6, 6.07) is 5.77. The third kappa shape index (κ3) is 4.57. The number of carbonyl (C=O) groups excluding carboxylic acids is 4. The van der Waals surface area contributed by atoms with Gasteiger partial charge in [0.2, 0.25) is 5.91 Å². The van der Waals surface area contributed by atoms with Crippen LogP contribution in [0.2, 0.25) is 5.02 Å². The molecular weight excluding hydrogens is 579 g/mol. The van der Waals surface area contributed by atoms with Crippen molar-refractivity contribution in [3.63, 3.8) is 0 Å². The fraction of sp³-hybridized carbons (Fsp3) is 0.531. The van der Waals surface area contributed by atoms with E-state index in [-0.39, 0.29) is 47.9 Å². The van der Waals surface area contributed by atoms with E-state index in [2.05, 4.69) is 22.3 Å². The molecule has 4 fully saturated rings. The van der Waals surface area contributed by atoms with Crippen LogP contribution in [0.3, 0.4) is 0 Å². The predicted molar refractivity (Wildman–Crippen MR) is 166 cm³/mol. The van der Waals surface area contributed by atoms with Gasteiger partial charge in [-0.1, -0.05) is 12.2 Å². The van der Waals surface area contributed by atoms with E-state index in [0.717, 1.165) is 26.9 Å². The van der Waals surface area contributed by atoms with Crippen LogP contribution in [-0.4, -0.2) is 107 Å². The Morgan fingerprint density at radius 3 is 2.73 bits per heavy atom. The van der Waals surface area contributed by atoms with E-state index in [0.29, 0.717) is 55.9 Å². The van der Waals surface area contributed by atoms with Gasteiger partial charge in [-0.05, 0) is 19.3 Å².